The molecule has 0 aliphatic carbocycles. The molecule has 0 unspecified atom stereocenters. The molecule has 0 N–H and O–H groups in total. The smallest absolute Gasteiger partial charge is 0.272 e. The molecule has 0 saturated heterocycles. The normalized spacial score (nSPS) is 11.1. The Morgan fingerprint density at radius 2 is 2.00 bits per heavy atom. The van der Waals surface area contributed by atoms with Crippen molar-refractivity contribution in [2.24, 2.45) is 0 Å². The molecule has 1 heterocycles. The molecule has 0 saturated carbocycles. The first-order valence-corrected chi connectivity index (χ1v) is 9.36. The number of carbonyl (C=O) groups excluding carboxylic acids is 1. The highest BCUT2D eigenvalue weighted by Gasteiger charge is 2.12. The first-order valence-electron chi connectivity index (χ1n) is 7.47. The third kappa shape index (κ3) is 5.06. The second-order valence-electron chi connectivity index (χ2n) is 5.39. The number of hydrogen-bond donors (Lipinski definition) is 0. The number of aromatic nitrogens is 1. The van der Waals surface area contributed by atoms with Crippen molar-refractivity contribution in [1.29, 1.82) is 0 Å². The van der Waals surface area contributed by atoms with E-state index in [1.54, 1.807) is 48.5 Å². The summed E-state index contributed by atoms with van der Waals surface area (Å²) in [6.07, 6.45) is 3.36. The standard InChI is InChI=1S/C17H20N2O4S/c1-19(17(20)16-9-3-4-10-18-16)11-6-12-23-14-7-5-8-15(13-14)24(2,21)22/h3-5,7-10,13H,6,11-12H2,1-2H3. The van der Waals surface area contributed by atoms with Crippen molar-refractivity contribution < 1.29 is 17.9 Å². The molecule has 0 bridgehead atoms. The van der Waals surface area contributed by atoms with Crippen LogP contribution < -0.4 is 4.74 Å². The monoisotopic (exact) mass is 348 g/mol. The first kappa shape index (κ1) is 17.9. The summed E-state index contributed by atoms with van der Waals surface area (Å²) in [5.74, 6) is 0.353. The van der Waals surface area contributed by atoms with Crippen LogP contribution in [0.1, 0.15) is 16.9 Å². The van der Waals surface area contributed by atoms with Crippen LogP contribution in [0.15, 0.2) is 53.6 Å². The highest BCUT2D eigenvalue weighted by atomic mass is 32.2. The van der Waals surface area contributed by atoms with Gasteiger partial charge < -0.3 is 9.64 Å². The molecule has 128 valence electrons. The summed E-state index contributed by atoms with van der Waals surface area (Å²) in [7, 11) is -1.54. The molecule has 0 spiro atoms. The molecule has 1 aromatic heterocycles. The van der Waals surface area contributed by atoms with Gasteiger partial charge in [0.15, 0.2) is 9.84 Å². The van der Waals surface area contributed by atoms with Gasteiger partial charge in [-0.1, -0.05) is 12.1 Å². The van der Waals surface area contributed by atoms with Gasteiger partial charge in [-0.3, -0.25) is 9.78 Å². The number of carbonyl (C=O) groups is 1. The number of rotatable bonds is 7. The molecular formula is C17H20N2O4S. The van der Waals surface area contributed by atoms with Gasteiger partial charge in [-0.25, -0.2) is 8.42 Å². The zero-order valence-electron chi connectivity index (χ0n) is 13.7. The van der Waals surface area contributed by atoms with Gasteiger partial charge >= 0.3 is 0 Å². The van der Waals surface area contributed by atoms with Crippen LogP contribution in [0.2, 0.25) is 0 Å². The Morgan fingerprint density at radius 3 is 2.67 bits per heavy atom. The number of hydrogen-bond acceptors (Lipinski definition) is 5. The first-order chi connectivity index (χ1) is 11.4. The van der Waals surface area contributed by atoms with E-state index in [-0.39, 0.29) is 10.8 Å². The minimum Gasteiger partial charge on any atom is -0.493 e. The zero-order chi connectivity index (χ0) is 17.6. The van der Waals surface area contributed by atoms with Crippen LogP contribution in [0.25, 0.3) is 0 Å². The van der Waals surface area contributed by atoms with Gasteiger partial charge in [-0.2, -0.15) is 0 Å². The van der Waals surface area contributed by atoms with Gasteiger partial charge in [0, 0.05) is 26.0 Å². The molecule has 0 radical (unpaired) electrons. The highest BCUT2D eigenvalue weighted by Crippen LogP contribution is 2.17. The Labute approximate surface area is 142 Å². The number of nitrogens with zero attached hydrogens (tertiary/aromatic N) is 2. The summed E-state index contributed by atoms with van der Waals surface area (Å²) in [5.41, 5.74) is 0.404. The predicted molar refractivity (Wildman–Crippen MR) is 90.9 cm³/mol. The SMILES string of the molecule is CN(CCCOc1cccc(S(C)(=O)=O)c1)C(=O)c1ccccn1. The molecule has 24 heavy (non-hydrogen) atoms. The Kier molecular flexibility index (Phi) is 5.92. The van der Waals surface area contributed by atoms with Crippen molar-refractivity contribution in [3.63, 3.8) is 0 Å². The molecule has 1 amide bonds. The van der Waals surface area contributed by atoms with E-state index in [2.05, 4.69) is 4.98 Å². The Morgan fingerprint density at radius 1 is 1.21 bits per heavy atom. The average molecular weight is 348 g/mol. The summed E-state index contributed by atoms with van der Waals surface area (Å²) >= 11 is 0. The van der Waals surface area contributed by atoms with E-state index >= 15 is 0 Å². The van der Waals surface area contributed by atoms with Crippen molar-refractivity contribution in [3.05, 3.63) is 54.4 Å². The second kappa shape index (κ2) is 7.92. The minimum absolute atomic E-state index is 0.144. The topological polar surface area (TPSA) is 76.6 Å². The van der Waals surface area contributed by atoms with Crippen molar-refractivity contribution >= 4 is 15.7 Å². The molecule has 0 aliphatic rings. The van der Waals surface area contributed by atoms with Crippen LogP contribution in [-0.2, 0) is 9.84 Å². The van der Waals surface area contributed by atoms with Gasteiger partial charge in [0.25, 0.3) is 5.91 Å². The lowest BCUT2D eigenvalue weighted by molar-refractivity contribution is 0.0782. The highest BCUT2D eigenvalue weighted by molar-refractivity contribution is 7.90. The summed E-state index contributed by atoms with van der Waals surface area (Å²) in [4.78, 5) is 18.0. The lowest BCUT2D eigenvalue weighted by Crippen LogP contribution is -2.29. The van der Waals surface area contributed by atoms with Crippen LogP contribution in [0, 0.1) is 0 Å². The fraction of sp³-hybridized carbons (Fsp3) is 0.294. The molecule has 6 nitrogen and oxygen atoms in total. The van der Waals surface area contributed by atoms with Crippen LogP contribution in [0.3, 0.4) is 0 Å². The van der Waals surface area contributed by atoms with Gasteiger partial charge in [-0.15, -0.1) is 0 Å². The fourth-order valence-electron chi connectivity index (χ4n) is 2.07. The Balaban J connectivity index is 1.82. The molecule has 0 aliphatic heterocycles. The zero-order valence-corrected chi connectivity index (χ0v) is 14.5. The van der Waals surface area contributed by atoms with Gasteiger partial charge in [0.2, 0.25) is 0 Å². The van der Waals surface area contributed by atoms with E-state index in [0.29, 0.717) is 31.0 Å². The maximum atomic E-state index is 12.1. The van der Waals surface area contributed by atoms with E-state index < -0.39 is 9.84 Å². The van der Waals surface area contributed by atoms with Gasteiger partial charge in [0.05, 0.1) is 11.5 Å². The van der Waals surface area contributed by atoms with Crippen molar-refractivity contribution in [2.45, 2.75) is 11.3 Å². The minimum atomic E-state index is -3.25. The van der Waals surface area contributed by atoms with Crippen molar-refractivity contribution in [2.75, 3.05) is 26.5 Å². The lowest BCUT2D eigenvalue weighted by Gasteiger charge is -2.16. The molecule has 2 rings (SSSR count). The molecule has 2 aromatic rings. The number of pyridine rings is 1. The third-order valence-electron chi connectivity index (χ3n) is 3.37. The van der Waals surface area contributed by atoms with Crippen LogP contribution >= 0.6 is 0 Å². The van der Waals surface area contributed by atoms with Crippen LogP contribution in [0.4, 0.5) is 0 Å². The van der Waals surface area contributed by atoms with Gasteiger partial charge in [-0.05, 0) is 36.8 Å². The van der Waals surface area contributed by atoms with E-state index in [4.69, 9.17) is 4.74 Å². The number of amides is 1. The molecular weight excluding hydrogens is 328 g/mol. The van der Waals surface area contributed by atoms with E-state index in [1.165, 1.54) is 12.1 Å². The number of benzene rings is 1. The molecule has 1 aromatic carbocycles. The predicted octanol–water partition coefficient (Wildman–Crippen LogP) is 2.03. The van der Waals surface area contributed by atoms with E-state index in [0.717, 1.165) is 6.26 Å². The maximum Gasteiger partial charge on any atom is 0.272 e. The van der Waals surface area contributed by atoms with Crippen molar-refractivity contribution in [1.82, 2.24) is 9.88 Å². The number of sulfone groups is 1. The fourth-order valence-corrected chi connectivity index (χ4v) is 2.73. The maximum absolute atomic E-state index is 12.1. The molecule has 0 atom stereocenters. The van der Waals surface area contributed by atoms with Crippen LogP contribution in [-0.4, -0.2) is 50.7 Å². The van der Waals surface area contributed by atoms with Gasteiger partial charge in [0.1, 0.15) is 11.4 Å². The van der Waals surface area contributed by atoms with E-state index in [9.17, 15) is 13.2 Å². The molecule has 7 heteroatoms. The van der Waals surface area contributed by atoms with Crippen LogP contribution in [0.5, 0.6) is 5.75 Å². The quantitative estimate of drug-likeness (QED) is 0.716. The Bertz CT molecular complexity index is 791. The van der Waals surface area contributed by atoms with Crippen molar-refractivity contribution in [3.8, 4) is 5.75 Å². The summed E-state index contributed by atoms with van der Waals surface area (Å²) in [6.45, 7) is 0.897. The third-order valence-corrected chi connectivity index (χ3v) is 4.48. The summed E-state index contributed by atoms with van der Waals surface area (Å²) in [6, 6.07) is 11.6. The second-order valence-corrected chi connectivity index (χ2v) is 7.41. The molecule has 0 fully saturated rings. The Hall–Kier alpha value is -2.41. The van der Waals surface area contributed by atoms with E-state index in [1.807, 2.05) is 0 Å². The summed E-state index contributed by atoms with van der Waals surface area (Å²) in [5, 5.41) is 0. The number of ether oxygens (including phenoxy) is 1. The average Bonchev–Trinajstić information content (AvgIpc) is 2.58. The summed E-state index contributed by atoms with van der Waals surface area (Å²) < 4.78 is 28.6. The largest absolute Gasteiger partial charge is 0.493 e. The lowest BCUT2D eigenvalue weighted by atomic mass is 10.3.